The van der Waals surface area contributed by atoms with Gasteiger partial charge in [-0.1, -0.05) is 55.5 Å². The number of benzene rings is 2. The van der Waals surface area contributed by atoms with Gasteiger partial charge in [0, 0.05) is 30.8 Å². The summed E-state index contributed by atoms with van der Waals surface area (Å²) in [7, 11) is 3.49. The molecular formula is C21H29IN4OS. The van der Waals surface area contributed by atoms with Gasteiger partial charge in [-0.3, -0.25) is 4.79 Å². The summed E-state index contributed by atoms with van der Waals surface area (Å²) in [5.41, 5.74) is 1.13. The molecular weight excluding hydrogens is 483 g/mol. The minimum Gasteiger partial charge on any atom is -0.355 e. The van der Waals surface area contributed by atoms with Gasteiger partial charge in [0.15, 0.2) is 5.96 Å². The van der Waals surface area contributed by atoms with Crippen molar-refractivity contribution in [1.29, 1.82) is 0 Å². The molecule has 2 aromatic carbocycles. The highest BCUT2D eigenvalue weighted by atomic mass is 127. The lowest BCUT2D eigenvalue weighted by atomic mass is 10.2. The molecule has 152 valence electrons. The Morgan fingerprint density at radius 2 is 1.64 bits per heavy atom. The van der Waals surface area contributed by atoms with Crippen LogP contribution in [-0.2, 0) is 11.3 Å². The van der Waals surface area contributed by atoms with Crippen LogP contribution >= 0.6 is 35.7 Å². The van der Waals surface area contributed by atoms with E-state index in [0.717, 1.165) is 12.1 Å². The maximum atomic E-state index is 11.9. The van der Waals surface area contributed by atoms with Gasteiger partial charge >= 0.3 is 0 Å². The van der Waals surface area contributed by atoms with Crippen molar-refractivity contribution in [3.63, 3.8) is 0 Å². The molecule has 5 nitrogen and oxygen atoms in total. The first kappa shape index (κ1) is 24.3. The number of nitrogens with one attached hydrogen (secondary N) is 2. The zero-order chi connectivity index (χ0) is 19.5. The first-order chi connectivity index (χ1) is 13.0. The number of aliphatic imine (C=N–C) groups is 1. The van der Waals surface area contributed by atoms with Gasteiger partial charge in [0.25, 0.3) is 0 Å². The molecule has 0 aromatic heterocycles. The van der Waals surface area contributed by atoms with E-state index >= 15 is 0 Å². The van der Waals surface area contributed by atoms with Gasteiger partial charge in [-0.15, -0.1) is 35.7 Å². The van der Waals surface area contributed by atoms with Crippen LogP contribution in [0.15, 0.2) is 70.6 Å². The topological polar surface area (TPSA) is 56.7 Å². The largest absolute Gasteiger partial charge is 0.355 e. The zero-order valence-corrected chi connectivity index (χ0v) is 19.7. The smallest absolute Gasteiger partial charge is 0.241 e. The van der Waals surface area contributed by atoms with Gasteiger partial charge in [0.1, 0.15) is 0 Å². The number of likely N-dealkylation sites (N-methyl/N-ethyl adjacent to an activating group) is 1. The van der Waals surface area contributed by atoms with E-state index in [1.165, 1.54) is 4.90 Å². The van der Waals surface area contributed by atoms with Crippen LogP contribution in [0.3, 0.4) is 0 Å². The Kier molecular flexibility index (Phi) is 11.7. The standard InChI is InChI=1S/C21H28N4OS.HI/c1-17(27-19-12-8-5-9-13-19)14-22-21(24-16-20(26)25(2)3)23-15-18-10-6-4-7-11-18;/h4-13,17H,14-16H2,1-3H3,(H2,22,23,24);1H. The second-order valence-electron chi connectivity index (χ2n) is 6.41. The molecule has 28 heavy (non-hydrogen) atoms. The van der Waals surface area contributed by atoms with Crippen molar-refractivity contribution in [3.8, 4) is 0 Å². The molecule has 0 spiro atoms. The Hall–Kier alpha value is -1.74. The summed E-state index contributed by atoms with van der Waals surface area (Å²) < 4.78 is 0. The highest BCUT2D eigenvalue weighted by molar-refractivity contribution is 14.0. The minimum atomic E-state index is 0. The molecule has 0 aliphatic carbocycles. The lowest BCUT2D eigenvalue weighted by molar-refractivity contribution is -0.127. The lowest BCUT2D eigenvalue weighted by Crippen LogP contribution is -2.44. The molecule has 0 saturated carbocycles. The summed E-state index contributed by atoms with van der Waals surface area (Å²) in [6.45, 7) is 3.70. The van der Waals surface area contributed by atoms with E-state index in [4.69, 9.17) is 0 Å². The Labute approximate surface area is 189 Å². The number of hydrogen-bond acceptors (Lipinski definition) is 3. The number of carbonyl (C=O) groups excluding carboxylic acids is 1. The van der Waals surface area contributed by atoms with Gasteiger partial charge in [0.05, 0.1) is 13.1 Å². The summed E-state index contributed by atoms with van der Waals surface area (Å²) in [6.07, 6.45) is 0. The third-order valence-corrected chi connectivity index (χ3v) is 4.92. The van der Waals surface area contributed by atoms with Crippen LogP contribution in [-0.4, -0.2) is 49.2 Å². The van der Waals surface area contributed by atoms with Gasteiger partial charge < -0.3 is 15.5 Å². The summed E-state index contributed by atoms with van der Waals surface area (Å²) >= 11 is 1.81. The summed E-state index contributed by atoms with van der Waals surface area (Å²) in [5, 5.41) is 6.84. The normalized spacial score (nSPS) is 11.9. The molecule has 0 aliphatic heterocycles. The Bertz CT molecular complexity index is 726. The summed E-state index contributed by atoms with van der Waals surface area (Å²) in [5.74, 6) is 0.658. The predicted molar refractivity (Wildman–Crippen MR) is 129 cm³/mol. The van der Waals surface area contributed by atoms with Crippen molar-refractivity contribution in [2.75, 3.05) is 27.2 Å². The van der Waals surface area contributed by atoms with Crippen LogP contribution in [0, 0.1) is 0 Å². The van der Waals surface area contributed by atoms with Gasteiger partial charge in [-0.05, 0) is 17.7 Å². The molecule has 1 amide bonds. The second-order valence-corrected chi connectivity index (χ2v) is 7.93. The van der Waals surface area contributed by atoms with Crippen LogP contribution in [0.5, 0.6) is 0 Å². The molecule has 0 heterocycles. The van der Waals surface area contributed by atoms with Crippen LogP contribution in [0.4, 0.5) is 0 Å². The zero-order valence-electron chi connectivity index (χ0n) is 16.6. The van der Waals surface area contributed by atoms with Crippen LogP contribution < -0.4 is 10.6 Å². The van der Waals surface area contributed by atoms with Crippen molar-refractivity contribution in [1.82, 2.24) is 15.5 Å². The van der Waals surface area contributed by atoms with Gasteiger partial charge in [-0.2, -0.15) is 0 Å². The Morgan fingerprint density at radius 3 is 2.25 bits per heavy atom. The van der Waals surface area contributed by atoms with E-state index in [9.17, 15) is 4.79 Å². The molecule has 2 rings (SSSR count). The van der Waals surface area contributed by atoms with Crippen LogP contribution in [0.25, 0.3) is 0 Å². The molecule has 0 fully saturated rings. The molecule has 0 saturated heterocycles. The van der Waals surface area contributed by atoms with E-state index in [1.54, 1.807) is 19.0 Å². The van der Waals surface area contributed by atoms with E-state index in [0.29, 0.717) is 17.8 Å². The minimum absolute atomic E-state index is 0. The molecule has 2 N–H and O–H groups in total. The fourth-order valence-electron chi connectivity index (χ4n) is 2.26. The third-order valence-electron chi connectivity index (χ3n) is 3.81. The molecule has 1 unspecified atom stereocenters. The fraction of sp³-hybridized carbons (Fsp3) is 0.333. The number of halogens is 1. The summed E-state index contributed by atoms with van der Waals surface area (Å²) in [6, 6.07) is 20.4. The molecule has 2 aromatic rings. The van der Waals surface area contributed by atoms with Gasteiger partial charge in [0.2, 0.25) is 5.91 Å². The average molecular weight is 512 g/mol. The highest BCUT2D eigenvalue weighted by Crippen LogP contribution is 2.21. The Balaban J connectivity index is 0.00000392. The fourth-order valence-corrected chi connectivity index (χ4v) is 3.20. The molecule has 0 aliphatic rings. The van der Waals surface area contributed by atoms with Crippen molar-refractivity contribution in [2.24, 2.45) is 4.99 Å². The van der Waals surface area contributed by atoms with E-state index in [-0.39, 0.29) is 36.4 Å². The molecule has 7 heteroatoms. The Morgan fingerprint density at radius 1 is 1.04 bits per heavy atom. The highest BCUT2D eigenvalue weighted by Gasteiger charge is 2.09. The molecule has 1 atom stereocenters. The third kappa shape index (κ3) is 9.45. The maximum Gasteiger partial charge on any atom is 0.241 e. The number of rotatable bonds is 8. The van der Waals surface area contributed by atoms with Crippen LogP contribution in [0.1, 0.15) is 12.5 Å². The monoisotopic (exact) mass is 512 g/mol. The molecule has 0 radical (unpaired) electrons. The number of amides is 1. The second kappa shape index (κ2) is 13.4. The maximum absolute atomic E-state index is 11.9. The van der Waals surface area contributed by atoms with Crippen molar-refractivity contribution < 1.29 is 4.79 Å². The lowest BCUT2D eigenvalue weighted by Gasteiger charge is -2.17. The average Bonchev–Trinajstić information content (AvgIpc) is 2.68. The number of thioether (sulfide) groups is 1. The first-order valence-electron chi connectivity index (χ1n) is 9.02. The van der Waals surface area contributed by atoms with Crippen molar-refractivity contribution in [2.45, 2.75) is 23.6 Å². The van der Waals surface area contributed by atoms with Gasteiger partial charge in [-0.25, -0.2) is 4.99 Å². The quantitative estimate of drug-likeness (QED) is 0.246. The van der Waals surface area contributed by atoms with Crippen molar-refractivity contribution in [3.05, 3.63) is 66.2 Å². The summed E-state index contributed by atoms with van der Waals surface area (Å²) in [4.78, 5) is 19.3. The molecule has 0 bridgehead atoms. The van der Waals surface area contributed by atoms with E-state index in [1.807, 2.05) is 60.3 Å². The predicted octanol–water partition coefficient (Wildman–Crippen LogP) is 3.61. The number of guanidine groups is 1. The van der Waals surface area contributed by atoms with Crippen molar-refractivity contribution >= 4 is 47.6 Å². The van der Waals surface area contributed by atoms with E-state index in [2.05, 4.69) is 34.7 Å². The SMILES string of the molecule is CC(CNC(=NCc1ccccc1)NCC(=O)N(C)C)Sc1ccccc1.I. The number of hydrogen-bond donors (Lipinski definition) is 2. The number of nitrogens with zero attached hydrogens (tertiary/aromatic N) is 2. The number of carbonyl (C=O) groups is 1. The van der Waals surface area contributed by atoms with E-state index < -0.39 is 0 Å². The van der Waals surface area contributed by atoms with Crippen LogP contribution in [0.2, 0.25) is 0 Å². The first-order valence-corrected chi connectivity index (χ1v) is 9.90.